The minimum atomic E-state index is -3.33. The second-order valence-corrected chi connectivity index (χ2v) is 8.53. The van der Waals surface area contributed by atoms with Crippen molar-refractivity contribution in [1.82, 2.24) is 5.32 Å². The van der Waals surface area contributed by atoms with Gasteiger partial charge >= 0.3 is 0 Å². The SMILES string of the molecule is CCCS(=O)(=O)c1ccc(C(=O)CNC(=O)c2ccc(Cl)cc2Cl)cc1. The zero-order chi connectivity index (χ0) is 19.3. The second-order valence-electron chi connectivity index (χ2n) is 5.57. The summed E-state index contributed by atoms with van der Waals surface area (Å²) in [5.41, 5.74) is 0.521. The number of sulfone groups is 1. The highest BCUT2D eigenvalue weighted by molar-refractivity contribution is 7.91. The zero-order valence-electron chi connectivity index (χ0n) is 14.0. The van der Waals surface area contributed by atoms with Gasteiger partial charge in [0, 0.05) is 10.6 Å². The van der Waals surface area contributed by atoms with Gasteiger partial charge in [0.15, 0.2) is 15.6 Å². The molecule has 0 heterocycles. The van der Waals surface area contributed by atoms with Gasteiger partial charge in [0.05, 0.1) is 27.8 Å². The van der Waals surface area contributed by atoms with Crippen molar-refractivity contribution in [3.63, 3.8) is 0 Å². The Bertz CT molecular complexity index is 925. The van der Waals surface area contributed by atoms with Crippen LogP contribution in [0, 0.1) is 0 Å². The molecule has 0 aliphatic heterocycles. The van der Waals surface area contributed by atoms with Crippen LogP contribution in [0.5, 0.6) is 0 Å². The summed E-state index contributed by atoms with van der Waals surface area (Å²) in [5, 5.41) is 3.08. The molecule has 26 heavy (non-hydrogen) atoms. The highest BCUT2D eigenvalue weighted by Crippen LogP contribution is 2.20. The van der Waals surface area contributed by atoms with Gasteiger partial charge in [-0.1, -0.05) is 42.3 Å². The average molecular weight is 414 g/mol. The number of Topliss-reactive ketones (excluding diaryl/α,β-unsaturated/α-hetero) is 1. The van der Waals surface area contributed by atoms with E-state index in [1.165, 1.54) is 42.5 Å². The number of nitrogens with one attached hydrogen (secondary N) is 1. The lowest BCUT2D eigenvalue weighted by molar-refractivity contribution is 0.0904. The van der Waals surface area contributed by atoms with Crippen molar-refractivity contribution in [2.75, 3.05) is 12.3 Å². The zero-order valence-corrected chi connectivity index (χ0v) is 16.3. The van der Waals surface area contributed by atoms with E-state index in [2.05, 4.69) is 5.32 Å². The third-order valence-corrected chi connectivity index (χ3v) is 6.08. The molecule has 0 radical (unpaired) electrons. The summed E-state index contributed by atoms with van der Waals surface area (Å²) in [4.78, 5) is 24.5. The van der Waals surface area contributed by atoms with E-state index in [9.17, 15) is 18.0 Å². The highest BCUT2D eigenvalue weighted by atomic mass is 35.5. The maximum absolute atomic E-state index is 12.2. The van der Waals surface area contributed by atoms with Gasteiger partial charge in [0.1, 0.15) is 0 Å². The summed E-state index contributed by atoms with van der Waals surface area (Å²) in [6.07, 6.45) is 0.516. The quantitative estimate of drug-likeness (QED) is 0.700. The molecule has 2 aromatic carbocycles. The first-order chi connectivity index (χ1) is 12.2. The van der Waals surface area contributed by atoms with Crippen molar-refractivity contribution in [1.29, 1.82) is 0 Å². The molecule has 138 valence electrons. The number of carbonyl (C=O) groups excluding carboxylic acids is 2. The Kier molecular flexibility index (Phi) is 6.81. The first-order valence-electron chi connectivity index (χ1n) is 7.84. The predicted molar refractivity (Wildman–Crippen MR) is 102 cm³/mol. The van der Waals surface area contributed by atoms with E-state index in [1.807, 2.05) is 0 Å². The number of hydrogen-bond acceptors (Lipinski definition) is 4. The van der Waals surface area contributed by atoms with Gasteiger partial charge in [-0.05, 0) is 36.8 Å². The summed E-state index contributed by atoms with van der Waals surface area (Å²) in [6.45, 7) is 1.55. The molecule has 0 saturated carbocycles. The van der Waals surface area contributed by atoms with Crippen LogP contribution in [0.4, 0.5) is 0 Å². The molecule has 5 nitrogen and oxygen atoms in total. The van der Waals surface area contributed by atoms with Crippen molar-refractivity contribution < 1.29 is 18.0 Å². The lowest BCUT2D eigenvalue weighted by Crippen LogP contribution is -2.29. The minimum absolute atomic E-state index is 0.0538. The van der Waals surface area contributed by atoms with E-state index in [0.717, 1.165) is 0 Å². The number of rotatable bonds is 7. The molecular weight excluding hydrogens is 397 g/mol. The topological polar surface area (TPSA) is 80.3 Å². The number of carbonyl (C=O) groups is 2. The molecule has 0 saturated heterocycles. The second kappa shape index (κ2) is 8.66. The van der Waals surface area contributed by atoms with E-state index < -0.39 is 15.7 Å². The van der Waals surface area contributed by atoms with Crippen molar-refractivity contribution in [3.8, 4) is 0 Å². The molecule has 0 unspecified atom stereocenters. The summed E-state index contributed by atoms with van der Waals surface area (Å²) in [7, 11) is -3.33. The van der Waals surface area contributed by atoms with Crippen LogP contribution in [0.3, 0.4) is 0 Å². The third-order valence-electron chi connectivity index (χ3n) is 3.59. The largest absolute Gasteiger partial charge is 0.345 e. The number of amides is 1. The van der Waals surface area contributed by atoms with E-state index in [0.29, 0.717) is 17.0 Å². The Hall–Kier alpha value is -1.89. The first-order valence-corrected chi connectivity index (χ1v) is 10.2. The minimum Gasteiger partial charge on any atom is -0.345 e. The van der Waals surface area contributed by atoms with E-state index >= 15 is 0 Å². The molecule has 0 aromatic heterocycles. The Morgan fingerprint density at radius 1 is 1.04 bits per heavy atom. The maximum atomic E-state index is 12.2. The van der Waals surface area contributed by atoms with E-state index in [-0.39, 0.29) is 33.6 Å². The number of benzene rings is 2. The third kappa shape index (κ3) is 5.06. The lowest BCUT2D eigenvalue weighted by Gasteiger charge is -2.07. The van der Waals surface area contributed by atoms with Gasteiger partial charge in [-0.15, -0.1) is 0 Å². The molecule has 0 fully saturated rings. The van der Waals surface area contributed by atoms with Crippen LogP contribution < -0.4 is 5.32 Å². The van der Waals surface area contributed by atoms with Gasteiger partial charge in [-0.3, -0.25) is 9.59 Å². The molecule has 1 N–H and O–H groups in total. The summed E-state index contributed by atoms with van der Waals surface area (Å²) in [6, 6.07) is 10.1. The van der Waals surface area contributed by atoms with Gasteiger partial charge < -0.3 is 5.32 Å². The predicted octanol–water partition coefficient (Wildman–Crippen LogP) is 3.79. The van der Waals surface area contributed by atoms with Gasteiger partial charge in [-0.2, -0.15) is 0 Å². The molecule has 2 aromatic rings. The fourth-order valence-corrected chi connectivity index (χ4v) is 4.08. The number of hydrogen-bond donors (Lipinski definition) is 1. The normalized spacial score (nSPS) is 11.2. The summed E-state index contributed by atoms with van der Waals surface area (Å²) >= 11 is 11.7. The van der Waals surface area contributed by atoms with Crippen molar-refractivity contribution in [2.24, 2.45) is 0 Å². The van der Waals surface area contributed by atoms with Crippen LogP contribution in [0.2, 0.25) is 10.0 Å². The van der Waals surface area contributed by atoms with Crippen LogP contribution in [-0.4, -0.2) is 32.4 Å². The van der Waals surface area contributed by atoms with Crippen LogP contribution >= 0.6 is 23.2 Å². The standard InChI is InChI=1S/C18H17Cl2NO4S/c1-2-9-26(24,25)14-6-3-12(4-7-14)17(22)11-21-18(23)15-8-5-13(19)10-16(15)20/h3-8,10H,2,9,11H2,1H3,(H,21,23). The van der Waals surface area contributed by atoms with Crippen molar-refractivity contribution >= 4 is 44.7 Å². The van der Waals surface area contributed by atoms with Crippen molar-refractivity contribution in [2.45, 2.75) is 18.2 Å². The Morgan fingerprint density at radius 3 is 2.27 bits per heavy atom. The van der Waals surface area contributed by atoms with Crippen molar-refractivity contribution in [3.05, 3.63) is 63.6 Å². The fourth-order valence-electron chi connectivity index (χ4n) is 2.27. The molecule has 0 aliphatic carbocycles. The van der Waals surface area contributed by atoms with Gasteiger partial charge in [-0.25, -0.2) is 8.42 Å². The Balaban J connectivity index is 2.03. The molecule has 1 amide bonds. The first kappa shape index (κ1) is 20.4. The van der Waals surface area contributed by atoms with Crippen LogP contribution in [0.25, 0.3) is 0 Å². The van der Waals surface area contributed by atoms with Crippen LogP contribution in [-0.2, 0) is 9.84 Å². The summed E-state index contributed by atoms with van der Waals surface area (Å²) < 4.78 is 24.0. The van der Waals surface area contributed by atoms with Gasteiger partial charge in [0.2, 0.25) is 0 Å². The molecule has 2 rings (SSSR count). The van der Waals surface area contributed by atoms with Crippen LogP contribution in [0.1, 0.15) is 34.1 Å². The molecule has 0 bridgehead atoms. The summed E-state index contributed by atoms with van der Waals surface area (Å²) in [5.74, 6) is -0.789. The Morgan fingerprint density at radius 2 is 1.69 bits per heavy atom. The van der Waals surface area contributed by atoms with E-state index in [1.54, 1.807) is 6.92 Å². The molecule has 0 aliphatic rings. The van der Waals surface area contributed by atoms with Crippen LogP contribution in [0.15, 0.2) is 47.4 Å². The smallest absolute Gasteiger partial charge is 0.253 e. The molecule has 8 heteroatoms. The molecule has 0 spiro atoms. The molecule has 0 atom stereocenters. The number of ketones is 1. The number of halogens is 2. The van der Waals surface area contributed by atoms with Gasteiger partial charge in [0.25, 0.3) is 5.91 Å². The lowest BCUT2D eigenvalue weighted by atomic mass is 10.1. The Labute approximate surface area is 162 Å². The highest BCUT2D eigenvalue weighted by Gasteiger charge is 2.15. The monoisotopic (exact) mass is 413 g/mol. The maximum Gasteiger partial charge on any atom is 0.253 e. The fraction of sp³-hybridized carbons (Fsp3) is 0.222. The molecular formula is C18H17Cl2NO4S. The average Bonchev–Trinajstić information content (AvgIpc) is 2.59. The van der Waals surface area contributed by atoms with E-state index in [4.69, 9.17) is 23.2 Å².